The van der Waals surface area contributed by atoms with Crippen LogP contribution in [0.25, 0.3) is 0 Å². The van der Waals surface area contributed by atoms with E-state index in [2.05, 4.69) is 5.32 Å². The van der Waals surface area contributed by atoms with Gasteiger partial charge in [0.2, 0.25) is 5.91 Å². The number of hydrogen-bond donors (Lipinski definition) is 1. The summed E-state index contributed by atoms with van der Waals surface area (Å²) in [5.41, 5.74) is 0.678. The van der Waals surface area contributed by atoms with Crippen LogP contribution in [0, 0.1) is 0 Å². The number of ether oxygens (including phenoxy) is 2. The molecular formula is C15H14ClNO3. The van der Waals surface area contributed by atoms with Crippen LogP contribution in [0.15, 0.2) is 48.5 Å². The van der Waals surface area contributed by atoms with Crippen LogP contribution in [0.2, 0.25) is 0 Å². The Hall–Kier alpha value is -2.20. The summed E-state index contributed by atoms with van der Waals surface area (Å²) in [6.07, 6.45) is 0. The van der Waals surface area contributed by atoms with Crippen LogP contribution in [0.4, 0.5) is 5.69 Å². The largest absolute Gasteiger partial charge is 0.497 e. The summed E-state index contributed by atoms with van der Waals surface area (Å²) in [4.78, 5) is 11.1. The van der Waals surface area contributed by atoms with E-state index in [1.165, 1.54) is 0 Å². The van der Waals surface area contributed by atoms with E-state index in [4.69, 9.17) is 21.1 Å². The second-order valence-electron chi connectivity index (χ2n) is 3.98. The molecule has 0 aromatic heterocycles. The van der Waals surface area contributed by atoms with E-state index < -0.39 is 0 Å². The van der Waals surface area contributed by atoms with Gasteiger partial charge in [-0.3, -0.25) is 4.79 Å². The molecule has 2 rings (SSSR count). The van der Waals surface area contributed by atoms with E-state index >= 15 is 0 Å². The fraction of sp³-hybridized carbons (Fsp3) is 0.133. The second kappa shape index (κ2) is 6.82. The van der Waals surface area contributed by atoms with Crippen LogP contribution < -0.4 is 14.8 Å². The van der Waals surface area contributed by atoms with E-state index in [0.717, 1.165) is 5.75 Å². The van der Waals surface area contributed by atoms with E-state index in [1.807, 2.05) is 24.3 Å². The molecule has 0 saturated heterocycles. The molecule has 20 heavy (non-hydrogen) atoms. The Labute approximate surface area is 122 Å². The predicted molar refractivity (Wildman–Crippen MR) is 78.9 cm³/mol. The molecule has 0 aliphatic heterocycles. The zero-order valence-corrected chi connectivity index (χ0v) is 11.7. The number of methoxy groups -OCH3 is 1. The molecular weight excluding hydrogens is 278 g/mol. The highest BCUT2D eigenvalue weighted by Crippen LogP contribution is 2.24. The van der Waals surface area contributed by atoms with Crippen LogP contribution >= 0.6 is 11.6 Å². The summed E-state index contributed by atoms with van der Waals surface area (Å²) in [7, 11) is 1.61. The topological polar surface area (TPSA) is 47.6 Å². The minimum absolute atomic E-state index is 0.0654. The minimum Gasteiger partial charge on any atom is -0.497 e. The van der Waals surface area contributed by atoms with Gasteiger partial charge < -0.3 is 14.8 Å². The van der Waals surface area contributed by atoms with Crippen LogP contribution in [0.1, 0.15) is 0 Å². The van der Waals surface area contributed by atoms with Gasteiger partial charge in [0.05, 0.1) is 7.11 Å². The smallest absolute Gasteiger partial charge is 0.239 e. The van der Waals surface area contributed by atoms with Crippen molar-refractivity contribution in [3.8, 4) is 17.2 Å². The number of hydrogen-bond acceptors (Lipinski definition) is 3. The van der Waals surface area contributed by atoms with Gasteiger partial charge in [-0.1, -0.05) is 0 Å². The Morgan fingerprint density at radius 2 is 1.50 bits per heavy atom. The van der Waals surface area contributed by atoms with Crippen molar-refractivity contribution in [2.24, 2.45) is 0 Å². The lowest BCUT2D eigenvalue weighted by Crippen LogP contribution is -2.12. The van der Waals surface area contributed by atoms with Gasteiger partial charge in [-0.05, 0) is 48.5 Å². The van der Waals surface area contributed by atoms with E-state index in [1.54, 1.807) is 31.4 Å². The number of anilines is 1. The molecule has 0 aliphatic carbocycles. The lowest BCUT2D eigenvalue weighted by molar-refractivity contribution is -0.113. The highest BCUT2D eigenvalue weighted by atomic mass is 35.5. The van der Waals surface area contributed by atoms with Gasteiger partial charge in [-0.2, -0.15) is 0 Å². The molecule has 0 atom stereocenters. The number of rotatable bonds is 5. The molecule has 1 amide bonds. The summed E-state index contributed by atoms with van der Waals surface area (Å²) >= 11 is 5.42. The molecule has 0 unspecified atom stereocenters. The highest BCUT2D eigenvalue weighted by Gasteiger charge is 2.01. The van der Waals surface area contributed by atoms with Crippen molar-refractivity contribution in [1.82, 2.24) is 0 Å². The van der Waals surface area contributed by atoms with Gasteiger partial charge in [0.15, 0.2) is 0 Å². The van der Waals surface area contributed by atoms with Crippen LogP contribution in [0.5, 0.6) is 17.2 Å². The maximum absolute atomic E-state index is 11.1. The number of alkyl halides is 1. The molecule has 2 aromatic rings. The van der Waals surface area contributed by atoms with E-state index in [-0.39, 0.29) is 11.8 Å². The van der Waals surface area contributed by atoms with Crippen molar-refractivity contribution in [3.05, 3.63) is 48.5 Å². The summed E-state index contributed by atoms with van der Waals surface area (Å²) in [6.45, 7) is 0. The van der Waals surface area contributed by atoms with Gasteiger partial charge in [-0.15, -0.1) is 11.6 Å². The molecule has 0 radical (unpaired) electrons. The Balaban J connectivity index is 2.00. The zero-order chi connectivity index (χ0) is 14.4. The molecule has 0 aliphatic rings. The third-order valence-electron chi connectivity index (χ3n) is 2.55. The van der Waals surface area contributed by atoms with Crippen molar-refractivity contribution >= 4 is 23.2 Å². The Bertz CT molecular complexity index is 567. The molecule has 0 saturated carbocycles. The maximum Gasteiger partial charge on any atom is 0.239 e. The van der Waals surface area contributed by atoms with Gasteiger partial charge in [0.25, 0.3) is 0 Å². The first-order chi connectivity index (χ1) is 9.71. The zero-order valence-electron chi connectivity index (χ0n) is 10.9. The number of benzene rings is 2. The lowest BCUT2D eigenvalue weighted by atomic mass is 10.3. The van der Waals surface area contributed by atoms with Gasteiger partial charge in [0, 0.05) is 5.69 Å². The Morgan fingerprint density at radius 3 is 2.00 bits per heavy atom. The number of nitrogens with one attached hydrogen (secondary N) is 1. The molecule has 104 valence electrons. The summed E-state index contributed by atoms with van der Waals surface area (Å²) in [5.74, 6) is 1.86. The third kappa shape index (κ3) is 3.90. The molecule has 5 heteroatoms. The van der Waals surface area contributed by atoms with Crippen LogP contribution in [-0.2, 0) is 4.79 Å². The summed E-state index contributed by atoms with van der Waals surface area (Å²) < 4.78 is 10.7. The Morgan fingerprint density at radius 1 is 1.00 bits per heavy atom. The normalized spacial score (nSPS) is 9.90. The predicted octanol–water partition coefficient (Wildman–Crippen LogP) is 3.66. The lowest BCUT2D eigenvalue weighted by Gasteiger charge is -2.08. The fourth-order valence-corrected chi connectivity index (χ4v) is 1.65. The average Bonchev–Trinajstić information content (AvgIpc) is 2.50. The number of carbonyl (C=O) groups is 1. The summed E-state index contributed by atoms with van der Waals surface area (Å²) in [5, 5.41) is 2.65. The maximum atomic E-state index is 11.1. The van der Waals surface area contributed by atoms with E-state index in [9.17, 15) is 4.79 Å². The minimum atomic E-state index is -0.240. The first-order valence-electron chi connectivity index (χ1n) is 5.99. The molecule has 0 fully saturated rings. The second-order valence-corrected chi connectivity index (χ2v) is 4.25. The molecule has 0 heterocycles. The molecule has 1 N–H and O–H groups in total. The van der Waals surface area contributed by atoms with Crippen LogP contribution in [-0.4, -0.2) is 18.9 Å². The Kier molecular flexibility index (Phi) is 4.85. The molecule has 0 bridgehead atoms. The van der Waals surface area contributed by atoms with Crippen molar-refractivity contribution in [1.29, 1.82) is 0 Å². The van der Waals surface area contributed by atoms with Crippen molar-refractivity contribution in [2.75, 3.05) is 18.3 Å². The third-order valence-corrected chi connectivity index (χ3v) is 2.80. The monoisotopic (exact) mass is 291 g/mol. The average molecular weight is 292 g/mol. The van der Waals surface area contributed by atoms with Gasteiger partial charge in [-0.25, -0.2) is 0 Å². The van der Waals surface area contributed by atoms with Gasteiger partial charge in [0.1, 0.15) is 23.1 Å². The standard InChI is InChI=1S/C15H14ClNO3/c1-19-12-6-8-14(9-7-12)20-13-4-2-11(3-5-13)17-15(18)10-16/h2-9H,10H2,1H3,(H,17,18). The van der Waals surface area contributed by atoms with Gasteiger partial charge >= 0.3 is 0 Å². The quantitative estimate of drug-likeness (QED) is 0.855. The van der Waals surface area contributed by atoms with Crippen molar-refractivity contribution < 1.29 is 14.3 Å². The molecule has 2 aromatic carbocycles. The van der Waals surface area contributed by atoms with Crippen molar-refractivity contribution in [2.45, 2.75) is 0 Å². The molecule has 0 spiro atoms. The number of amides is 1. The molecule has 4 nitrogen and oxygen atoms in total. The van der Waals surface area contributed by atoms with Crippen molar-refractivity contribution in [3.63, 3.8) is 0 Å². The first-order valence-corrected chi connectivity index (χ1v) is 6.52. The van der Waals surface area contributed by atoms with Crippen LogP contribution in [0.3, 0.4) is 0 Å². The van der Waals surface area contributed by atoms with E-state index in [0.29, 0.717) is 17.2 Å². The summed E-state index contributed by atoms with van der Waals surface area (Å²) in [6, 6.07) is 14.3. The number of carbonyl (C=O) groups excluding carboxylic acids is 1. The first kappa shape index (κ1) is 14.2. The fourth-order valence-electron chi connectivity index (χ4n) is 1.58. The SMILES string of the molecule is COc1ccc(Oc2ccc(NC(=O)CCl)cc2)cc1. The number of halogens is 1. The highest BCUT2D eigenvalue weighted by molar-refractivity contribution is 6.29.